The van der Waals surface area contributed by atoms with E-state index in [-0.39, 0.29) is 0 Å². The van der Waals surface area contributed by atoms with Crippen molar-refractivity contribution in [2.75, 3.05) is 26.2 Å². The van der Waals surface area contributed by atoms with Crippen LogP contribution in [-0.2, 0) is 4.79 Å². The number of rotatable bonds is 5. The molecule has 1 N–H and O–H groups in total. The van der Waals surface area contributed by atoms with E-state index >= 15 is 0 Å². The Morgan fingerprint density at radius 3 is 2.18 bits per heavy atom. The summed E-state index contributed by atoms with van der Waals surface area (Å²) in [6, 6.07) is 0. The third kappa shape index (κ3) is 4.30. The number of hydrogen-bond acceptors (Lipinski definition) is 2. The first-order chi connectivity index (χ1) is 8.38. The molecule has 2 aliphatic heterocycles. The molecule has 0 spiro atoms. The highest BCUT2D eigenvalue weighted by Crippen LogP contribution is 2.25. The summed E-state index contributed by atoms with van der Waals surface area (Å²) < 4.78 is 0. The van der Waals surface area contributed by atoms with E-state index in [1.54, 1.807) is 0 Å². The predicted octanol–water partition coefficient (Wildman–Crippen LogP) is 2.02. The molecule has 3 heteroatoms. The highest BCUT2D eigenvalue weighted by molar-refractivity contribution is 5.47. The van der Waals surface area contributed by atoms with Crippen molar-refractivity contribution in [2.24, 2.45) is 11.8 Å². The van der Waals surface area contributed by atoms with Crippen LogP contribution >= 0.6 is 0 Å². The van der Waals surface area contributed by atoms with Gasteiger partial charge in [0.05, 0.1) is 0 Å². The topological polar surface area (TPSA) is 32.3 Å². The maximum absolute atomic E-state index is 10.6. The quantitative estimate of drug-likeness (QED) is 0.743. The summed E-state index contributed by atoms with van der Waals surface area (Å²) in [4.78, 5) is 12.5. The molecule has 2 aliphatic rings. The lowest BCUT2D eigenvalue weighted by Crippen LogP contribution is -2.32. The summed E-state index contributed by atoms with van der Waals surface area (Å²) in [5.74, 6) is 1.86. The van der Waals surface area contributed by atoms with Crippen LogP contribution in [0, 0.1) is 11.8 Å². The van der Waals surface area contributed by atoms with Crippen LogP contribution in [0.2, 0.25) is 0 Å². The molecule has 3 nitrogen and oxygen atoms in total. The fourth-order valence-electron chi connectivity index (χ4n) is 3.21. The molecular weight excluding hydrogens is 212 g/mol. The summed E-state index contributed by atoms with van der Waals surface area (Å²) >= 11 is 0. The molecule has 0 saturated carbocycles. The lowest BCUT2D eigenvalue weighted by molar-refractivity contribution is -0.119. The van der Waals surface area contributed by atoms with Crippen LogP contribution in [0.15, 0.2) is 0 Å². The lowest BCUT2D eigenvalue weighted by Gasteiger charge is -2.29. The van der Waals surface area contributed by atoms with Gasteiger partial charge in [0, 0.05) is 13.1 Å². The normalized spacial score (nSPS) is 23.9. The second-order valence-corrected chi connectivity index (χ2v) is 5.71. The molecule has 0 radical (unpaired) electrons. The molecule has 0 aromatic rings. The van der Waals surface area contributed by atoms with Gasteiger partial charge in [0.2, 0.25) is 6.41 Å². The van der Waals surface area contributed by atoms with Crippen LogP contribution in [0.3, 0.4) is 0 Å². The van der Waals surface area contributed by atoms with Gasteiger partial charge in [0.25, 0.3) is 0 Å². The van der Waals surface area contributed by atoms with E-state index in [1.807, 2.05) is 4.90 Å². The molecule has 0 atom stereocenters. The van der Waals surface area contributed by atoms with Gasteiger partial charge in [-0.25, -0.2) is 0 Å². The highest BCUT2D eigenvalue weighted by Gasteiger charge is 2.18. The first-order valence-corrected chi connectivity index (χ1v) is 7.28. The first-order valence-electron chi connectivity index (χ1n) is 7.28. The molecular formula is C14H26N2O. The zero-order chi connectivity index (χ0) is 11.9. The fraction of sp³-hybridized carbons (Fsp3) is 0.929. The van der Waals surface area contributed by atoms with Gasteiger partial charge in [-0.15, -0.1) is 0 Å². The monoisotopic (exact) mass is 238 g/mol. The van der Waals surface area contributed by atoms with Gasteiger partial charge in [-0.05, 0) is 50.6 Å². The molecule has 1 amide bonds. The highest BCUT2D eigenvalue weighted by atomic mass is 16.1. The van der Waals surface area contributed by atoms with Crippen molar-refractivity contribution in [3.63, 3.8) is 0 Å². The zero-order valence-electron chi connectivity index (χ0n) is 10.9. The number of amides is 1. The van der Waals surface area contributed by atoms with Gasteiger partial charge in [0.15, 0.2) is 0 Å². The van der Waals surface area contributed by atoms with Gasteiger partial charge < -0.3 is 10.2 Å². The second kappa shape index (κ2) is 7.00. The Morgan fingerprint density at radius 1 is 1.00 bits per heavy atom. The van der Waals surface area contributed by atoms with Crippen molar-refractivity contribution in [1.82, 2.24) is 10.2 Å². The van der Waals surface area contributed by atoms with E-state index in [1.165, 1.54) is 58.0 Å². The standard InChI is InChI=1S/C14H26N2O/c17-12-16-10-6-14(7-11-16)3-1-2-13-4-8-15-9-5-13/h12-15H,1-11H2. The minimum Gasteiger partial charge on any atom is -0.345 e. The van der Waals surface area contributed by atoms with Gasteiger partial charge in [-0.2, -0.15) is 0 Å². The number of carbonyl (C=O) groups excluding carboxylic acids is 1. The number of hydrogen-bond donors (Lipinski definition) is 1. The third-order valence-corrected chi connectivity index (χ3v) is 4.48. The van der Waals surface area contributed by atoms with E-state index in [2.05, 4.69) is 5.32 Å². The number of piperidine rings is 2. The molecule has 17 heavy (non-hydrogen) atoms. The number of likely N-dealkylation sites (tertiary alicyclic amines) is 1. The van der Waals surface area contributed by atoms with Crippen LogP contribution < -0.4 is 5.32 Å². The van der Waals surface area contributed by atoms with Crippen molar-refractivity contribution >= 4 is 6.41 Å². The van der Waals surface area contributed by atoms with Crippen molar-refractivity contribution in [3.8, 4) is 0 Å². The van der Waals surface area contributed by atoms with Crippen molar-refractivity contribution in [3.05, 3.63) is 0 Å². The van der Waals surface area contributed by atoms with Crippen molar-refractivity contribution in [2.45, 2.75) is 44.9 Å². The summed E-state index contributed by atoms with van der Waals surface area (Å²) in [5.41, 5.74) is 0. The molecule has 2 fully saturated rings. The Bertz CT molecular complexity index is 218. The Hall–Kier alpha value is -0.570. The molecule has 2 rings (SSSR count). The van der Waals surface area contributed by atoms with E-state index in [0.717, 1.165) is 31.3 Å². The Kier molecular flexibility index (Phi) is 5.30. The minimum atomic E-state index is 0.882. The smallest absolute Gasteiger partial charge is 0.209 e. The SMILES string of the molecule is O=CN1CCC(CCCC2CCNCC2)CC1. The van der Waals surface area contributed by atoms with E-state index in [4.69, 9.17) is 0 Å². The van der Waals surface area contributed by atoms with E-state index < -0.39 is 0 Å². The summed E-state index contributed by atoms with van der Waals surface area (Å²) in [6.07, 6.45) is 10.4. The average molecular weight is 238 g/mol. The maximum Gasteiger partial charge on any atom is 0.209 e. The van der Waals surface area contributed by atoms with Crippen LogP contribution in [0.25, 0.3) is 0 Å². The lowest BCUT2D eigenvalue weighted by atomic mass is 9.87. The van der Waals surface area contributed by atoms with Crippen LogP contribution in [0.5, 0.6) is 0 Å². The van der Waals surface area contributed by atoms with Crippen LogP contribution in [-0.4, -0.2) is 37.5 Å². The molecule has 2 heterocycles. The Labute approximate surface area is 105 Å². The first kappa shape index (κ1) is 12.9. The number of carbonyl (C=O) groups is 1. The maximum atomic E-state index is 10.6. The zero-order valence-corrected chi connectivity index (χ0v) is 10.9. The molecule has 2 saturated heterocycles. The molecule has 0 aromatic carbocycles. The number of nitrogens with zero attached hydrogens (tertiary/aromatic N) is 1. The van der Waals surface area contributed by atoms with Crippen molar-refractivity contribution in [1.29, 1.82) is 0 Å². The van der Waals surface area contributed by atoms with Crippen LogP contribution in [0.4, 0.5) is 0 Å². The molecule has 0 aromatic heterocycles. The predicted molar refractivity (Wildman–Crippen MR) is 69.8 cm³/mol. The average Bonchev–Trinajstić information content (AvgIpc) is 2.41. The summed E-state index contributed by atoms with van der Waals surface area (Å²) in [6.45, 7) is 4.42. The largest absolute Gasteiger partial charge is 0.345 e. The summed E-state index contributed by atoms with van der Waals surface area (Å²) in [7, 11) is 0. The second-order valence-electron chi connectivity index (χ2n) is 5.71. The Morgan fingerprint density at radius 2 is 1.59 bits per heavy atom. The van der Waals surface area contributed by atoms with Gasteiger partial charge in [-0.1, -0.05) is 19.3 Å². The van der Waals surface area contributed by atoms with Crippen molar-refractivity contribution < 1.29 is 4.79 Å². The number of nitrogens with one attached hydrogen (secondary N) is 1. The Balaban J connectivity index is 1.54. The fourth-order valence-corrected chi connectivity index (χ4v) is 3.21. The van der Waals surface area contributed by atoms with Gasteiger partial charge >= 0.3 is 0 Å². The van der Waals surface area contributed by atoms with Gasteiger partial charge in [-0.3, -0.25) is 4.79 Å². The van der Waals surface area contributed by atoms with Gasteiger partial charge in [0.1, 0.15) is 0 Å². The molecule has 0 unspecified atom stereocenters. The molecule has 0 aliphatic carbocycles. The minimum absolute atomic E-state index is 0.882. The van der Waals surface area contributed by atoms with Crippen LogP contribution in [0.1, 0.15) is 44.9 Å². The van der Waals surface area contributed by atoms with E-state index in [0.29, 0.717) is 0 Å². The molecule has 0 bridgehead atoms. The summed E-state index contributed by atoms with van der Waals surface area (Å²) in [5, 5.41) is 3.43. The molecule has 98 valence electrons. The van der Waals surface area contributed by atoms with E-state index in [9.17, 15) is 4.79 Å². The third-order valence-electron chi connectivity index (χ3n) is 4.48.